The SMILES string of the molecule is C=C(C)C(=O)OCCNC1C=CS1. The fourth-order valence-electron chi connectivity index (χ4n) is 0.741. The van der Waals surface area contributed by atoms with Gasteiger partial charge in [-0.05, 0) is 12.3 Å². The van der Waals surface area contributed by atoms with Crippen LogP contribution in [0.25, 0.3) is 0 Å². The zero-order valence-electron chi connectivity index (χ0n) is 7.58. The summed E-state index contributed by atoms with van der Waals surface area (Å²) >= 11 is 1.72. The number of ether oxygens (including phenoxy) is 1. The summed E-state index contributed by atoms with van der Waals surface area (Å²) in [6, 6.07) is 0. The van der Waals surface area contributed by atoms with E-state index in [-0.39, 0.29) is 5.97 Å². The molecule has 13 heavy (non-hydrogen) atoms. The summed E-state index contributed by atoms with van der Waals surface area (Å²) in [5.41, 5.74) is 0.443. The molecular weight excluding hydrogens is 186 g/mol. The minimum atomic E-state index is -0.321. The average molecular weight is 199 g/mol. The lowest BCUT2D eigenvalue weighted by molar-refractivity contribution is -0.138. The highest BCUT2D eigenvalue weighted by Gasteiger charge is 2.09. The van der Waals surface area contributed by atoms with Gasteiger partial charge in [0.05, 0.1) is 5.37 Å². The van der Waals surface area contributed by atoms with Gasteiger partial charge in [0.15, 0.2) is 0 Å². The molecule has 0 spiro atoms. The molecular formula is C9H13NO2S. The molecule has 0 aliphatic carbocycles. The van der Waals surface area contributed by atoms with E-state index in [0.29, 0.717) is 24.1 Å². The zero-order chi connectivity index (χ0) is 9.68. The van der Waals surface area contributed by atoms with Gasteiger partial charge >= 0.3 is 5.97 Å². The van der Waals surface area contributed by atoms with Crippen LogP contribution in [0.2, 0.25) is 0 Å². The minimum Gasteiger partial charge on any atom is -0.461 e. The number of esters is 1. The Morgan fingerprint density at radius 2 is 2.46 bits per heavy atom. The van der Waals surface area contributed by atoms with Crippen molar-refractivity contribution in [1.29, 1.82) is 0 Å². The maximum Gasteiger partial charge on any atom is 0.333 e. The first kappa shape index (κ1) is 10.3. The van der Waals surface area contributed by atoms with Gasteiger partial charge in [0.25, 0.3) is 0 Å². The van der Waals surface area contributed by atoms with Crippen LogP contribution < -0.4 is 5.32 Å². The van der Waals surface area contributed by atoms with E-state index in [1.807, 2.05) is 5.41 Å². The maximum absolute atomic E-state index is 10.9. The second-order valence-corrected chi connectivity index (χ2v) is 3.81. The zero-order valence-corrected chi connectivity index (χ0v) is 8.39. The van der Waals surface area contributed by atoms with Gasteiger partial charge in [-0.3, -0.25) is 5.32 Å². The number of carbonyl (C=O) groups excluding carboxylic acids is 1. The first-order valence-corrected chi connectivity index (χ1v) is 5.02. The van der Waals surface area contributed by atoms with Crippen molar-refractivity contribution in [2.24, 2.45) is 0 Å². The van der Waals surface area contributed by atoms with E-state index in [0.717, 1.165) is 0 Å². The van der Waals surface area contributed by atoms with Gasteiger partial charge in [-0.1, -0.05) is 12.7 Å². The number of carbonyl (C=O) groups is 1. The monoisotopic (exact) mass is 199 g/mol. The molecule has 0 saturated heterocycles. The maximum atomic E-state index is 10.9. The molecule has 0 bridgehead atoms. The summed E-state index contributed by atoms with van der Waals surface area (Å²) < 4.78 is 4.89. The Labute approximate surface area is 82.2 Å². The van der Waals surface area contributed by atoms with Gasteiger partial charge in [0.1, 0.15) is 6.61 Å². The van der Waals surface area contributed by atoms with Crippen LogP contribution in [0.15, 0.2) is 23.6 Å². The van der Waals surface area contributed by atoms with Crippen LogP contribution in [-0.2, 0) is 9.53 Å². The Morgan fingerprint density at radius 3 is 2.92 bits per heavy atom. The van der Waals surface area contributed by atoms with Crippen molar-refractivity contribution in [3.8, 4) is 0 Å². The molecule has 1 aliphatic rings. The van der Waals surface area contributed by atoms with E-state index < -0.39 is 0 Å². The molecule has 0 radical (unpaired) electrons. The molecule has 1 heterocycles. The molecule has 72 valence electrons. The molecule has 0 aromatic carbocycles. The van der Waals surface area contributed by atoms with Crippen molar-refractivity contribution in [3.63, 3.8) is 0 Å². The first-order valence-electron chi connectivity index (χ1n) is 4.08. The van der Waals surface area contributed by atoms with Crippen molar-refractivity contribution in [3.05, 3.63) is 23.6 Å². The van der Waals surface area contributed by atoms with Crippen LogP contribution in [0.4, 0.5) is 0 Å². The molecule has 1 unspecified atom stereocenters. The third kappa shape index (κ3) is 3.65. The standard InChI is InChI=1S/C9H13NO2S/c1-7(2)9(11)12-5-4-10-8-3-6-13-8/h3,6,8,10H,1,4-5H2,2H3. The topological polar surface area (TPSA) is 38.3 Å². The van der Waals surface area contributed by atoms with Crippen molar-refractivity contribution < 1.29 is 9.53 Å². The summed E-state index contributed by atoms with van der Waals surface area (Å²) in [4.78, 5) is 10.9. The molecule has 4 heteroatoms. The Bertz CT molecular complexity index is 238. The van der Waals surface area contributed by atoms with Gasteiger partial charge in [-0.2, -0.15) is 0 Å². The Morgan fingerprint density at radius 1 is 1.77 bits per heavy atom. The fourth-order valence-corrected chi connectivity index (χ4v) is 1.27. The average Bonchev–Trinajstić information content (AvgIpc) is 2.00. The molecule has 0 fully saturated rings. The van der Waals surface area contributed by atoms with E-state index in [9.17, 15) is 4.79 Å². The summed E-state index contributed by atoms with van der Waals surface area (Å²) in [6.07, 6.45) is 2.06. The van der Waals surface area contributed by atoms with Crippen molar-refractivity contribution in [1.82, 2.24) is 5.32 Å². The van der Waals surface area contributed by atoms with Crippen LogP contribution in [0, 0.1) is 0 Å². The number of nitrogens with one attached hydrogen (secondary N) is 1. The summed E-state index contributed by atoms with van der Waals surface area (Å²) in [5.74, 6) is -0.321. The lowest BCUT2D eigenvalue weighted by atomic mass is 10.4. The molecule has 1 atom stereocenters. The largest absolute Gasteiger partial charge is 0.461 e. The highest BCUT2D eigenvalue weighted by atomic mass is 32.2. The van der Waals surface area contributed by atoms with Crippen LogP contribution in [0.3, 0.4) is 0 Å². The highest BCUT2D eigenvalue weighted by Crippen LogP contribution is 2.20. The molecule has 1 N–H and O–H groups in total. The third-order valence-corrected chi connectivity index (χ3v) is 2.44. The Balaban J connectivity index is 1.97. The van der Waals surface area contributed by atoms with Crippen molar-refractivity contribution in [2.45, 2.75) is 12.3 Å². The predicted molar refractivity (Wildman–Crippen MR) is 54.3 cm³/mol. The van der Waals surface area contributed by atoms with Gasteiger partial charge in [-0.15, -0.1) is 11.8 Å². The number of thioether (sulfide) groups is 1. The lowest BCUT2D eigenvalue weighted by Gasteiger charge is -2.18. The molecule has 3 nitrogen and oxygen atoms in total. The van der Waals surface area contributed by atoms with E-state index >= 15 is 0 Å². The molecule has 0 saturated carbocycles. The third-order valence-electron chi connectivity index (χ3n) is 1.51. The summed E-state index contributed by atoms with van der Waals surface area (Å²) in [7, 11) is 0. The quantitative estimate of drug-likeness (QED) is 0.411. The number of hydrogen-bond donors (Lipinski definition) is 1. The fraction of sp³-hybridized carbons (Fsp3) is 0.444. The van der Waals surface area contributed by atoms with E-state index in [1.54, 1.807) is 18.7 Å². The molecule has 0 aromatic heterocycles. The number of rotatable bonds is 5. The van der Waals surface area contributed by atoms with Crippen molar-refractivity contribution in [2.75, 3.05) is 13.2 Å². The Hall–Kier alpha value is -0.740. The molecule has 0 amide bonds. The molecule has 1 rings (SSSR count). The normalized spacial score (nSPS) is 19.3. The molecule has 0 aromatic rings. The minimum absolute atomic E-state index is 0.321. The second-order valence-electron chi connectivity index (χ2n) is 2.76. The van der Waals surface area contributed by atoms with Crippen LogP contribution in [0.1, 0.15) is 6.92 Å². The summed E-state index contributed by atoms with van der Waals surface area (Å²) in [5, 5.41) is 5.60. The second kappa shape index (κ2) is 5.09. The number of hydrogen-bond acceptors (Lipinski definition) is 4. The first-order chi connectivity index (χ1) is 6.20. The summed E-state index contributed by atoms with van der Waals surface area (Å²) in [6.45, 7) is 6.21. The van der Waals surface area contributed by atoms with Gasteiger partial charge in [-0.25, -0.2) is 4.79 Å². The van der Waals surface area contributed by atoms with Crippen molar-refractivity contribution >= 4 is 17.7 Å². The predicted octanol–water partition coefficient (Wildman–Crippen LogP) is 1.28. The molecule has 1 aliphatic heterocycles. The van der Waals surface area contributed by atoms with Gasteiger partial charge in [0, 0.05) is 12.1 Å². The van der Waals surface area contributed by atoms with Crippen LogP contribution in [0.5, 0.6) is 0 Å². The highest BCUT2D eigenvalue weighted by molar-refractivity contribution is 8.04. The lowest BCUT2D eigenvalue weighted by Crippen LogP contribution is -2.30. The van der Waals surface area contributed by atoms with E-state index in [2.05, 4.69) is 18.0 Å². The Kier molecular flexibility index (Phi) is 4.05. The van der Waals surface area contributed by atoms with Gasteiger partial charge < -0.3 is 4.74 Å². The van der Waals surface area contributed by atoms with E-state index in [1.165, 1.54) is 0 Å². The van der Waals surface area contributed by atoms with Gasteiger partial charge in [0.2, 0.25) is 0 Å². The van der Waals surface area contributed by atoms with Crippen LogP contribution in [-0.4, -0.2) is 24.5 Å². The van der Waals surface area contributed by atoms with Crippen LogP contribution >= 0.6 is 11.8 Å². The van der Waals surface area contributed by atoms with E-state index in [4.69, 9.17) is 4.74 Å². The smallest absolute Gasteiger partial charge is 0.333 e.